The van der Waals surface area contributed by atoms with Crippen molar-refractivity contribution in [3.05, 3.63) is 71.5 Å². The second-order valence-electron chi connectivity index (χ2n) is 6.88. The van der Waals surface area contributed by atoms with Crippen LogP contribution in [0.3, 0.4) is 0 Å². The Balaban J connectivity index is 1.62. The predicted molar refractivity (Wildman–Crippen MR) is 106 cm³/mol. The molecule has 0 amide bonds. The van der Waals surface area contributed by atoms with E-state index < -0.39 is 13.0 Å². The lowest BCUT2D eigenvalue weighted by Crippen LogP contribution is -2.42. The molecule has 6 heteroatoms. The molecule has 0 unspecified atom stereocenters. The minimum atomic E-state index is -0.934. The molecular formula is C21H21BN2O3. The van der Waals surface area contributed by atoms with E-state index in [0.717, 1.165) is 32.9 Å². The van der Waals surface area contributed by atoms with E-state index in [0.29, 0.717) is 19.4 Å². The van der Waals surface area contributed by atoms with Gasteiger partial charge in [0.25, 0.3) is 0 Å². The van der Waals surface area contributed by atoms with Gasteiger partial charge in [-0.15, -0.1) is 0 Å². The van der Waals surface area contributed by atoms with Gasteiger partial charge in [-0.1, -0.05) is 36.4 Å². The summed E-state index contributed by atoms with van der Waals surface area (Å²) in [4.78, 5) is 17.2. The number of nitrogens with two attached hydrogens (primary N) is 1. The molecule has 0 saturated carbocycles. The molecule has 136 valence electrons. The summed E-state index contributed by atoms with van der Waals surface area (Å²) in [6.07, 6.45) is 4.56. The van der Waals surface area contributed by atoms with Crippen LogP contribution in [0.15, 0.2) is 54.9 Å². The highest BCUT2D eigenvalue weighted by atomic mass is 16.5. The molecule has 27 heavy (non-hydrogen) atoms. The Morgan fingerprint density at radius 2 is 2.15 bits per heavy atom. The summed E-state index contributed by atoms with van der Waals surface area (Å²) in [5, 5.41) is 12.2. The van der Waals surface area contributed by atoms with Gasteiger partial charge in [-0.25, -0.2) is 0 Å². The van der Waals surface area contributed by atoms with Crippen molar-refractivity contribution < 1.29 is 14.5 Å². The highest BCUT2D eigenvalue weighted by Crippen LogP contribution is 2.24. The van der Waals surface area contributed by atoms with Gasteiger partial charge in [-0.2, -0.15) is 0 Å². The standard InChI is InChI=1S/C21H21BN2O3/c23-12-19(17-2-1-3-20-18(17)7-9-27-22(20)26)21(25)11-14-4-5-16-13-24-8-6-15(16)10-14/h1-6,8,10,13,19,26H,7,9,11-12,23H2/t19-/m1/s1. The van der Waals surface area contributed by atoms with Gasteiger partial charge in [0, 0.05) is 37.4 Å². The van der Waals surface area contributed by atoms with Crippen molar-refractivity contribution in [3.8, 4) is 0 Å². The van der Waals surface area contributed by atoms with E-state index in [4.69, 9.17) is 10.4 Å². The zero-order valence-electron chi connectivity index (χ0n) is 15.0. The fourth-order valence-electron chi connectivity index (χ4n) is 3.83. The van der Waals surface area contributed by atoms with Crippen molar-refractivity contribution in [2.75, 3.05) is 13.2 Å². The van der Waals surface area contributed by atoms with Gasteiger partial charge < -0.3 is 15.4 Å². The van der Waals surface area contributed by atoms with Gasteiger partial charge in [0.1, 0.15) is 5.78 Å². The lowest BCUT2D eigenvalue weighted by Gasteiger charge is -2.25. The van der Waals surface area contributed by atoms with Gasteiger partial charge in [-0.3, -0.25) is 9.78 Å². The van der Waals surface area contributed by atoms with Gasteiger partial charge in [0.2, 0.25) is 0 Å². The second kappa shape index (κ2) is 7.60. The van der Waals surface area contributed by atoms with Gasteiger partial charge in [-0.05, 0) is 40.0 Å². The van der Waals surface area contributed by atoms with Gasteiger partial charge in [0.15, 0.2) is 0 Å². The predicted octanol–water partition coefficient (Wildman–Crippen LogP) is 1.35. The number of benzene rings is 2. The van der Waals surface area contributed by atoms with Crippen LogP contribution in [0.25, 0.3) is 10.8 Å². The van der Waals surface area contributed by atoms with E-state index in [2.05, 4.69) is 4.98 Å². The fourth-order valence-corrected chi connectivity index (χ4v) is 3.83. The topological polar surface area (TPSA) is 85.4 Å². The highest BCUT2D eigenvalue weighted by Gasteiger charge is 2.30. The van der Waals surface area contributed by atoms with Crippen LogP contribution in [-0.2, 0) is 22.3 Å². The van der Waals surface area contributed by atoms with Crippen molar-refractivity contribution in [2.24, 2.45) is 5.73 Å². The van der Waals surface area contributed by atoms with Crippen LogP contribution in [-0.4, -0.2) is 36.1 Å². The molecule has 1 aromatic heterocycles. The Hall–Kier alpha value is -2.54. The number of rotatable bonds is 5. The summed E-state index contributed by atoms with van der Waals surface area (Å²) >= 11 is 0. The molecule has 3 N–H and O–H groups in total. The molecule has 0 fully saturated rings. The van der Waals surface area contributed by atoms with Gasteiger partial charge >= 0.3 is 7.12 Å². The average molecular weight is 360 g/mol. The molecule has 2 heterocycles. The fraction of sp³-hybridized carbons (Fsp3) is 0.238. The third-order valence-electron chi connectivity index (χ3n) is 5.23. The van der Waals surface area contributed by atoms with Crippen LogP contribution >= 0.6 is 0 Å². The SMILES string of the molecule is NC[C@@H](C(=O)Cc1ccc2cnccc2c1)c1cccc2c1CCOB2O. The summed E-state index contributed by atoms with van der Waals surface area (Å²) in [7, 11) is -0.934. The van der Waals surface area contributed by atoms with E-state index in [1.165, 1.54) is 0 Å². The molecule has 0 saturated heterocycles. The number of nitrogens with zero attached hydrogens (tertiary/aromatic N) is 1. The molecule has 1 atom stereocenters. The largest absolute Gasteiger partial charge is 0.491 e. The normalized spacial score (nSPS) is 14.8. The van der Waals surface area contributed by atoms with Gasteiger partial charge in [0.05, 0.1) is 5.92 Å². The molecule has 0 aliphatic carbocycles. The zero-order chi connectivity index (χ0) is 18.8. The van der Waals surface area contributed by atoms with E-state index in [9.17, 15) is 9.82 Å². The number of carbonyl (C=O) groups excluding carboxylic acids is 1. The van der Waals surface area contributed by atoms with Crippen LogP contribution in [0, 0.1) is 0 Å². The minimum absolute atomic E-state index is 0.0836. The number of pyridine rings is 1. The molecule has 0 bridgehead atoms. The Labute approximate surface area is 158 Å². The van der Waals surface area contributed by atoms with E-state index in [1.807, 2.05) is 48.7 Å². The van der Waals surface area contributed by atoms with Crippen molar-refractivity contribution in [2.45, 2.75) is 18.8 Å². The molecule has 1 aliphatic heterocycles. The Morgan fingerprint density at radius 3 is 3.00 bits per heavy atom. The lowest BCUT2D eigenvalue weighted by molar-refractivity contribution is -0.119. The number of carbonyl (C=O) groups is 1. The second-order valence-corrected chi connectivity index (χ2v) is 6.88. The average Bonchev–Trinajstić information content (AvgIpc) is 2.69. The number of Topliss-reactive ketones (excluding diaryl/α,β-unsaturated/α-hetero) is 1. The van der Waals surface area contributed by atoms with Crippen LogP contribution < -0.4 is 11.2 Å². The van der Waals surface area contributed by atoms with Crippen LogP contribution in [0.1, 0.15) is 22.6 Å². The summed E-state index contributed by atoms with van der Waals surface area (Å²) in [5.41, 5.74) is 9.60. The quantitative estimate of drug-likeness (QED) is 0.671. The van der Waals surface area contributed by atoms with Crippen molar-refractivity contribution in [1.82, 2.24) is 4.98 Å². The summed E-state index contributed by atoms with van der Waals surface area (Å²) in [6, 6.07) is 13.6. The number of aromatic nitrogens is 1. The van der Waals surface area contributed by atoms with Crippen LogP contribution in [0.2, 0.25) is 0 Å². The maximum absolute atomic E-state index is 13.1. The molecule has 2 aromatic carbocycles. The van der Waals surface area contributed by atoms with Crippen molar-refractivity contribution >= 4 is 29.1 Å². The van der Waals surface area contributed by atoms with Crippen molar-refractivity contribution in [1.29, 1.82) is 0 Å². The van der Waals surface area contributed by atoms with Crippen LogP contribution in [0.4, 0.5) is 0 Å². The van der Waals surface area contributed by atoms with E-state index >= 15 is 0 Å². The number of hydrogen-bond donors (Lipinski definition) is 2. The van der Waals surface area contributed by atoms with Crippen molar-refractivity contribution in [3.63, 3.8) is 0 Å². The first-order valence-electron chi connectivity index (χ1n) is 9.14. The molecule has 0 spiro atoms. The minimum Gasteiger partial charge on any atom is -0.423 e. The first-order valence-corrected chi connectivity index (χ1v) is 9.14. The maximum Gasteiger partial charge on any atom is 0.491 e. The zero-order valence-corrected chi connectivity index (χ0v) is 15.0. The molecule has 3 aromatic rings. The third kappa shape index (κ3) is 3.51. The number of ketones is 1. The summed E-state index contributed by atoms with van der Waals surface area (Å²) in [5.74, 6) is -0.307. The Bertz CT molecular complexity index is 992. The smallest absolute Gasteiger partial charge is 0.423 e. The first kappa shape index (κ1) is 17.9. The number of hydrogen-bond acceptors (Lipinski definition) is 5. The molecule has 4 rings (SSSR count). The van der Waals surface area contributed by atoms with E-state index in [-0.39, 0.29) is 12.3 Å². The van der Waals surface area contributed by atoms with E-state index in [1.54, 1.807) is 6.20 Å². The monoisotopic (exact) mass is 360 g/mol. The molecule has 0 radical (unpaired) electrons. The molecule has 1 aliphatic rings. The Morgan fingerprint density at radius 1 is 1.26 bits per heavy atom. The first-order chi connectivity index (χ1) is 13.2. The maximum atomic E-state index is 13.1. The summed E-state index contributed by atoms with van der Waals surface area (Å²) in [6.45, 7) is 0.680. The highest BCUT2D eigenvalue weighted by molar-refractivity contribution is 6.60. The summed E-state index contributed by atoms with van der Waals surface area (Å²) < 4.78 is 5.30. The molecule has 5 nitrogen and oxygen atoms in total. The third-order valence-corrected chi connectivity index (χ3v) is 5.23. The lowest BCUT2D eigenvalue weighted by atomic mass is 9.70. The number of fused-ring (bicyclic) bond motifs is 2. The van der Waals surface area contributed by atoms with Crippen LogP contribution in [0.5, 0.6) is 0 Å². The Kier molecular flexibility index (Phi) is 5.03. The molecular weight excluding hydrogens is 339 g/mol.